The van der Waals surface area contributed by atoms with Crippen LogP contribution in [0.5, 0.6) is 46.0 Å². The van der Waals surface area contributed by atoms with Crippen LogP contribution in [0.2, 0.25) is 10.0 Å². The number of aliphatic hydroxyl groups excluding tert-OH is 5. The van der Waals surface area contributed by atoms with E-state index in [9.17, 15) is 69.9 Å². The van der Waals surface area contributed by atoms with Gasteiger partial charge in [0.1, 0.15) is 102 Å². The average molecular weight is 1450 g/mol. The maximum atomic E-state index is 16.1. The molecule has 12 rings (SSSR count). The fourth-order valence-electron chi connectivity index (χ4n) is 12.4. The van der Waals surface area contributed by atoms with Gasteiger partial charge in [0.25, 0.3) is 0 Å². The third kappa shape index (κ3) is 15.7. The summed E-state index contributed by atoms with van der Waals surface area (Å²) < 4.78 is 37.8. The number of benzene rings is 5. The number of Topliss-reactive ketones (excluding diaryl/α,β-unsaturated/α-hetero) is 1. The maximum Gasteiger partial charge on any atom is 0.330 e. The Bertz CT molecular complexity index is 4130. The monoisotopic (exact) mass is 1450 g/mol. The summed E-state index contributed by atoms with van der Waals surface area (Å²) in [6.07, 6.45) is -18.1. The molecule has 540 valence electrons. The predicted molar refractivity (Wildman–Crippen MR) is 348 cm³/mol. The van der Waals surface area contributed by atoms with Gasteiger partial charge in [-0.05, 0) is 110 Å². The Hall–Kier alpha value is -9.49. The number of rotatable bonds is 13. The molecule has 11 bridgehead atoms. The molecule has 2 saturated heterocycles. The van der Waals surface area contributed by atoms with Crippen molar-refractivity contribution in [2.45, 2.75) is 150 Å². The van der Waals surface area contributed by atoms with Crippen molar-refractivity contribution in [1.82, 2.24) is 37.2 Å². The first-order valence-electron chi connectivity index (χ1n) is 31.5. The molecular formula is C66H73Cl2N9O24. The standard InChI is InChI=1S/C66H73Cl2N9O24/c1-23(2)12-34(71-5)58(88)76-49-51(83)26-7-10-38(32(67)14-26)97-40-16-28-17-41(56(40)101-65-54(86)53(85)52(84)42(22-78)99-65)98-39-11-8-27(15-33(39)68)55(100-44-21-66(4,70)57(87)24(3)96-44)50-63(93)75-48(64(94)95)31-18-29(79)19-37(81)45(31)30-13-25(6-9-36(30)80)46(60(90)77-50)74-61(91)47(28)73-59(89)35(20-43(69)82)72-62(49)92/h6-11,13-19,23-24,34-35,42,44,46-55,65,71,78-81,83-86H,12,20-22,70H2,1-5H3,(H2,69,82)(H,72,92)(H,73,89)(H,74,91)(H,75,93)(H,76,88)(H,77,90)(H,94,95)/t24-,34?,35?,42+,44-,46?,47?,48?,49?,50?,51?,52+,53-,54+,55?,65-,66-/m0/s1. The summed E-state index contributed by atoms with van der Waals surface area (Å²) in [5.74, 6) is -16.7. The Morgan fingerprint density at radius 1 is 0.713 bits per heavy atom. The molecule has 17 atom stereocenters. The van der Waals surface area contributed by atoms with E-state index in [2.05, 4.69) is 37.2 Å². The SMILES string of the molecule is CNC(CC(C)C)C(=O)NC1C(=O)NC(CC(N)=O)C(=O)NC2C(=O)NC3C(=O)NC(C(=O)NC(C(=O)O)c4cc(O)cc(O)c4-c4cc3ccc4O)C(O[C@H]3C[C@](C)(N)C(=O)[C@H](C)O3)c3ccc(c(Cl)c3)Oc3cc2cc(c3O[C@@H]2O[C@H](CO)[C@@H](O)[C@H](O)[C@H]2O)Oc2ccc(cc2Cl)C1O. The number of aromatic hydroxyl groups is 3. The van der Waals surface area contributed by atoms with Crippen LogP contribution in [0.25, 0.3) is 11.1 Å². The second-order valence-corrected chi connectivity index (χ2v) is 26.3. The van der Waals surface area contributed by atoms with Gasteiger partial charge < -0.3 is 123 Å². The van der Waals surface area contributed by atoms with Crippen LogP contribution >= 0.6 is 23.2 Å². The van der Waals surface area contributed by atoms with E-state index in [1.54, 1.807) is 0 Å². The molecule has 20 N–H and O–H groups in total. The Morgan fingerprint density at radius 2 is 1.33 bits per heavy atom. The molecule has 7 amide bonds. The topological polar surface area (TPSA) is 527 Å². The number of primary amides is 1. The first-order valence-corrected chi connectivity index (χ1v) is 32.2. The second-order valence-electron chi connectivity index (χ2n) is 25.5. The summed E-state index contributed by atoms with van der Waals surface area (Å²) in [5.41, 5.74) is 7.78. The van der Waals surface area contributed by atoms with E-state index in [-0.39, 0.29) is 39.8 Å². The highest BCUT2D eigenvalue weighted by molar-refractivity contribution is 6.32. The van der Waals surface area contributed by atoms with Crippen LogP contribution in [0.15, 0.2) is 78.9 Å². The number of carbonyl (C=O) groups is 9. The highest BCUT2D eigenvalue weighted by Gasteiger charge is 2.49. The third-order valence-electron chi connectivity index (χ3n) is 17.5. The zero-order chi connectivity index (χ0) is 73.5. The number of phenols is 3. The van der Waals surface area contributed by atoms with E-state index < -0.39 is 243 Å². The predicted octanol–water partition coefficient (Wildman–Crippen LogP) is 0.314. The molecular weight excluding hydrogens is 1370 g/mol. The van der Waals surface area contributed by atoms with Gasteiger partial charge in [-0.15, -0.1) is 0 Å². The van der Waals surface area contributed by atoms with Crippen molar-refractivity contribution in [3.63, 3.8) is 0 Å². The molecule has 101 heavy (non-hydrogen) atoms. The van der Waals surface area contributed by atoms with Gasteiger partial charge in [-0.1, -0.05) is 55.2 Å². The van der Waals surface area contributed by atoms with Gasteiger partial charge in [-0.3, -0.25) is 38.4 Å². The van der Waals surface area contributed by atoms with Crippen LogP contribution in [0.4, 0.5) is 0 Å². The lowest BCUT2D eigenvalue weighted by atomic mass is 9.88. The fraction of sp³-hybridized carbons (Fsp3) is 0.409. The van der Waals surface area contributed by atoms with Crippen LogP contribution in [-0.4, -0.2) is 186 Å². The third-order valence-corrected chi connectivity index (χ3v) is 18.1. The lowest BCUT2D eigenvalue weighted by molar-refractivity contribution is -0.277. The van der Waals surface area contributed by atoms with Crippen molar-refractivity contribution >= 4 is 76.3 Å². The van der Waals surface area contributed by atoms with Crippen molar-refractivity contribution in [3.05, 3.63) is 117 Å². The summed E-state index contributed by atoms with van der Waals surface area (Å²) in [7, 11) is 1.47. The minimum absolute atomic E-state index is 0.0975. The van der Waals surface area contributed by atoms with E-state index in [0.717, 1.165) is 60.7 Å². The number of aliphatic carboxylic acids is 1. The number of halogens is 2. The van der Waals surface area contributed by atoms with Gasteiger partial charge >= 0.3 is 5.97 Å². The van der Waals surface area contributed by atoms with Crippen molar-refractivity contribution < 1.29 is 118 Å². The molecule has 9 unspecified atom stereocenters. The summed E-state index contributed by atoms with van der Waals surface area (Å²) in [6, 6.07) is -0.561. The van der Waals surface area contributed by atoms with E-state index in [4.69, 9.17) is 63.1 Å². The van der Waals surface area contributed by atoms with Crippen molar-refractivity contribution in [2.75, 3.05) is 13.7 Å². The molecule has 35 heteroatoms. The number of carboxylic acids is 1. The molecule has 33 nitrogen and oxygen atoms in total. The van der Waals surface area contributed by atoms with Crippen LogP contribution in [-0.2, 0) is 57.4 Å². The lowest BCUT2D eigenvalue weighted by Crippen LogP contribution is -2.60. The summed E-state index contributed by atoms with van der Waals surface area (Å²) >= 11 is 14.2. The number of fused-ring (bicyclic) bond motifs is 15. The molecule has 0 spiro atoms. The Kier molecular flexibility index (Phi) is 22.0. The number of aliphatic hydroxyl groups is 5. The molecule has 7 heterocycles. The average Bonchev–Trinajstić information content (AvgIpc) is 0.770. The van der Waals surface area contributed by atoms with Gasteiger partial charge in [0.05, 0.1) is 34.7 Å². The molecule has 0 radical (unpaired) electrons. The van der Waals surface area contributed by atoms with Gasteiger partial charge in [-0.25, -0.2) is 4.79 Å². The largest absolute Gasteiger partial charge is 0.508 e. The van der Waals surface area contributed by atoms with Crippen molar-refractivity contribution in [3.8, 4) is 57.1 Å². The molecule has 5 aromatic carbocycles. The number of amides is 7. The number of hydrogen-bond donors (Lipinski definition) is 18. The Balaban J connectivity index is 1.26. The fourth-order valence-corrected chi connectivity index (χ4v) is 12.8. The minimum atomic E-state index is -2.35. The zero-order valence-corrected chi connectivity index (χ0v) is 55.7. The molecule has 5 aromatic rings. The summed E-state index contributed by atoms with van der Waals surface area (Å²) in [4.78, 5) is 132. The number of carbonyl (C=O) groups excluding carboxylic acids is 8. The maximum absolute atomic E-state index is 16.1. The first kappa shape index (κ1) is 74.2. The number of nitrogens with one attached hydrogen (secondary N) is 7. The highest BCUT2D eigenvalue weighted by Crippen LogP contribution is 2.50. The van der Waals surface area contributed by atoms with E-state index in [1.165, 1.54) is 39.1 Å². The first-order chi connectivity index (χ1) is 47.7. The van der Waals surface area contributed by atoms with E-state index in [1.807, 2.05) is 13.8 Å². The minimum Gasteiger partial charge on any atom is -0.508 e. The molecule has 2 fully saturated rings. The lowest BCUT2D eigenvalue weighted by Gasteiger charge is -2.40. The van der Waals surface area contributed by atoms with Gasteiger partial charge in [-0.2, -0.15) is 0 Å². The van der Waals surface area contributed by atoms with Gasteiger partial charge in [0.15, 0.2) is 29.6 Å². The molecule has 0 saturated carbocycles. The van der Waals surface area contributed by atoms with Crippen molar-refractivity contribution in [2.24, 2.45) is 17.4 Å². The van der Waals surface area contributed by atoms with Crippen LogP contribution in [0.1, 0.15) is 105 Å². The normalized spacial score (nSPS) is 28.7. The van der Waals surface area contributed by atoms with E-state index >= 15 is 19.2 Å². The summed E-state index contributed by atoms with van der Waals surface area (Å²) in [6.45, 7) is 5.40. The molecule has 7 aliphatic rings. The quantitative estimate of drug-likeness (QED) is 0.0754. The smallest absolute Gasteiger partial charge is 0.330 e. The number of likely N-dealkylation sites (N-methyl/N-ethyl adjacent to an activating group) is 1. The van der Waals surface area contributed by atoms with Gasteiger partial charge in [0.2, 0.25) is 53.4 Å². The molecule has 7 aliphatic heterocycles. The van der Waals surface area contributed by atoms with Crippen molar-refractivity contribution in [1.29, 1.82) is 0 Å². The van der Waals surface area contributed by atoms with Crippen LogP contribution < -0.4 is 62.9 Å². The number of phenolic OH excluding ortho intramolecular Hbond substituents is 3. The van der Waals surface area contributed by atoms with E-state index in [0.29, 0.717) is 0 Å². The van der Waals surface area contributed by atoms with Crippen LogP contribution in [0.3, 0.4) is 0 Å². The molecule has 0 aromatic heterocycles. The number of ether oxygens (including phenoxy) is 6. The zero-order valence-electron chi connectivity index (χ0n) is 54.2. The number of hydrogen-bond acceptors (Lipinski definition) is 25. The Labute approximate surface area is 583 Å². The van der Waals surface area contributed by atoms with Gasteiger partial charge in [0, 0.05) is 29.2 Å². The summed E-state index contributed by atoms with van der Waals surface area (Å²) in [5, 5.41) is 118. The second kappa shape index (κ2) is 30.0. The number of ketones is 1. The number of carboxylic acid groups (broad SMARTS) is 1. The molecule has 0 aliphatic carbocycles. The highest BCUT2D eigenvalue weighted by atomic mass is 35.5. The van der Waals surface area contributed by atoms with Crippen LogP contribution in [0, 0.1) is 5.92 Å². The Morgan fingerprint density at radius 3 is 1.93 bits per heavy atom. The number of nitrogens with two attached hydrogens (primary N) is 2.